The summed E-state index contributed by atoms with van der Waals surface area (Å²) in [5, 5.41) is 0. The van der Waals surface area contributed by atoms with Crippen LogP contribution in [0, 0.1) is 5.92 Å². The third-order valence-electron chi connectivity index (χ3n) is 2.84. The van der Waals surface area contributed by atoms with Gasteiger partial charge >= 0.3 is 5.97 Å². The molecule has 0 amide bonds. The molecule has 2 unspecified atom stereocenters. The minimum atomic E-state index is -0.768. The highest BCUT2D eigenvalue weighted by Crippen LogP contribution is 2.22. The molecule has 0 spiro atoms. The summed E-state index contributed by atoms with van der Waals surface area (Å²) < 4.78 is 4.83. The van der Waals surface area contributed by atoms with Gasteiger partial charge in [-0.1, -0.05) is 12.8 Å². The third kappa shape index (κ3) is 3.30. The number of hydrogen-bond acceptors (Lipinski definition) is 4. The van der Waals surface area contributed by atoms with Crippen molar-refractivity contribution in [3.63, 3.8) is 0 Å². The Morgan fingerprint density at radius 2 is 2.27 bits per heavy atom. The first-order valence-corrected chi connectivity index (χ1v) is 5.61. The Kier molecular flexibility index (Phi) is 4.75. The second-order valence-electron chi connectivity index (χ2n) is 3.95. The molecule has 0 bridgehead atoms. The summed E-state index contributed by atoms with van der Waals surface area (Å²) in [5.41, 5.74) is 5.74. The molecule has 1 aliphatic rings. The van der Waals surface area contributed by atoms with Crippen molar-refractivity contribution in [2.24, 2.45) is 11.7 Å². The number of ketones is 1. The summed E-state index contributed by atoms with van der Waals surface area (Å²) in [5.74, 6) is -0.655. The van der Waals surface area contributed by atoms with E-state index in [1.807, 2.05) is 0 Å². The highest BCUT2D eigenvalue weighted by molar-refractivity contribution is 5.88. The topological polar surface area (TPSA) is 69.4 Å². The van der Waals surface area contributed by atoms with Crippen LogP contribution in [-0.2, 0) is 14.3 Å². The molecule has 0 radical (unpaired) electrons. The Hall–Kier alpha value is -0.900. The van der Waals surface area contributed by atoms with Gasteiger partial charge in [-0.05, 0) is 19.8 Å². The van der Waals surface area contributed by atoms with E-state index >= 15 is 0 Å². The summed E-state index contributed by atoms with van der Waals surface area (Å²) in [6, 6.07) is -0.768. The Morgan fingerprint density at radius 1 is 1.53 bits per heavy atom. The maximum Gasteiger partial charge on any atom is 0.323 e. The van der Waals surface area contributed by atoms with Gasteiger partial charge in [0.2, 0.25) is 0 Å². The van der Waals surface area contributed by atoms with Crippen molar-refractivity contribution in [1.82, 2.24) is 0 Å². The predicted molar refractivity (Wildman–Crippen MR) is 56.2 cm³/mol. The van der Waals surface area contributed by atoms with Crippen molar-refractivity contribution in [1.29, 1.82) is 0 Å². The normalized spacial score (nSPS) is 24.4. The SMILES string of the molecule is CCOC(=O)C(N)C1CCCCCC1=O. The van der Waals surface area contributed by atoms with Crippen molar-refractivity contribution in [2.75, 3.05) is 6.61 Å². The second kappa shape index (κ2) is 5.85. The molecule has 2 N–H and O–H groups in total. The molecule has 0 aromatic heterocycles. The molecule has 0 saturated heterocycles. The maximum atomic E-state index is 11.7. The Labute approximate surface area is 90.2 Å². The maximum absolute atomic E-state index is 11.7. The van der Waals surface area contributed by atoms with E-state index in [0.717, 1.165) is 25.7 Å². The molecular weight excluding hydrogens is 194 g/mol. The summed E-state index contributed by atoms with van der Waals surface area (Å²) in [4.78, 5) is 23.1. The fourth-order valence-corrected chi connectivity index (χ4v) is 1.97. The average molecular weight is 213 g/mol. The van der Waals surface area contributed by atoms with Crippen LogP contribution in [0.2, 0.25) is 0 Å². The van der Waals surface area contributed by atoms with E-state index in [1.165, 1.54) is 0 Å². The van der Waals surface area contributed by atoms with Crippen molar-refractivity contribution >= 4 is 11.8 Å². The van der Waals surface area contributed by atoms with Gasteiger partial charge in [0.05, 0.1) is 6.61 Å². The molecule has 0 heterocycles. The zero-order chi connectivity index (χ0) is 11.3. The molecule has 2 atom stereocenters. The Morgan fingerprint density at radius 3 is 2.93 bits per heavy atom. The Bertz CT molecular complexity index is 240. The molecule has 0 aliphatic heterocycles. The predicted octanol–water partition coefficient (Wildman–Crippen LogP) is 1.03. The third-order valence-corrected chi connectivity index (χ3v) is 2.84. The lowest BCUT2D eigenvalue weighted by Crippen LogP contribution is -2.42. The van der Waals surface area contributed by atoms with Crippen molar-refractivity contribution in [3.05, 3.63) is 0 Å². The highest BCUT2D eigenvalue weighted by atomic mass is 16.5. The van der Waals surface area contributed by atoms with Crippen molar-refractivity contribution < 1.29 is 14.3 Å². The highest BCUT2D eigenvalue weighted by Gasteiger charge is 2.31. The lowest BCUT2D eigenvalue weighted by atomic mass is 9.91. The number of hydrogen-bond donors (Lipinski definition) is 1. The van der Waals surface area contributed by atoms with Crippen LogP contribution in [0.15, 0.2) is 0 Å². The number of carbonyl (C=O) groups is 2. The standard InChI is InChI=1S/C11H19NO3/c1-2-15-11(14)10(12)8-6-4-3-5-7-9(8)13/h8,10H,2-7,12H2,1H3. The van der Waals surface area contributed by atoms with Crippen LogP contribution in [-0.4, -0.2) is 24.4 Å². The summed E-state index contributed by atoms with van der Waals surface area (Å²) in [6.07, 6.45) is 4.22. The second-order valence-corrected chi connectivity index (χ2v) is 3.95. The van der Waals surface area contributed by atoms with Gasteiger partial charge in [0, 0.05) is 12.3 Å². The van der Waals surface area contributed by atoms with E-state index in [2.05, 4.69) is 0 Å². The monoisotopic (exact) mass is 213 g/mol. The van der Waals surface area contributed by atoms with Gasteiger partial charge in [0.25, 0.3) is 0 Å². The lowest BCUT2D eigenvalue weighted by Gasteiger charge is -2.19. The fraction of sp³-hybridized carbons (Fsp3) is 0.818. The van der Waals surface area contributed by atoms with Crippen LogP contribution in [0.25, 0.3) is 0 Å². The van der Waals surface area contributed by atoms with Crippen LogP contribution in [0.4, 0.5) is 0 Å². The van der Waals surface area contributed by atoms with Crippen LogP contribution >= 0.6 is 0 Å². The quantitative estimate of drug-likeness (QED) is 0.561. The van der Waals surface area contributed by atoms with Gasteiger partial charge in [0.1, 0.15) is 11.8 Å². The van der Waals surface area contributed by atoms with Gasteiger partial charge in [-0.2, -0.15) is 0 Å². The molecule has 86 valence electrons. The van der Waals surface area contributed by atoms with Gasteiger partial charge < -0.3 is 10.5 Å². The van der Waals surface area contributed by atoms with Gasteiger partial charge in [-0.15, -0.1) is 0 Å². The molecule has 1 saturated carbocycles. The lowest BCUT2D eigenvalue weighted by molar-refractivity contribution is -0.148. The van der Waals surface area contributed by atoms with Gasteiger partial charge in [0.15, 0.2) is 0 Å². The molecule has 15 heavy (non-hydrogen) atoms. The summed E-state index contributed by atoms with van der Waals surface area (Å²) >= 11 is 0. The first kappa shape index (κ1) is 12.2. The van der Waals surface area contributed by atoms with Crippen LogP contribution in [0.3, 0.4) is 0 Å². The number of esters is 1. The fourth-order valence-electron chi connectivity index (χ4n) is 1.97. The first-order chi connectivity index (χ1) is 7.16. The van der Waals surface area contributed by atoms with Crippen LogP contribution < -0.4 is 5.73 Å². The largest absolute Gasteiger partial charge is 0.465 e. The van der Waals surface area contributed by atoms with Gasteiger partial charge in [-0.3, -0.25) is 9.59 Å². The molecule has 4 nitrogen and oxygen atoms in total. The number of Topliss-reactive ketones (excluding diaryl/α,β-unsaturated/α-hetero) is 1. The van der Waals surface area contributed by atoms with E-state index in [9.17, 15) is 9.59 Å². The van der Waals surface area contributed by atoms with E-state index in [0.29, 0.717) is 13.0 Å². The molecule has 1 fully saturated rings. The zero-order valence-corrected chi connectivity index (χ0v) is 9.20. The van der Waals surface area contributed by atoms with E-state index in [4.69, 9.17) is 10.5 Å². The number of nitrogens with two attached hydrogens (primary N) is 1. The number of carbonyl (C=O) groups excluding carboxylic acids is 2. The summed E-state index contributed by atoms with van der Waals surface area (Å²) in [6.45, 7) is 2.05. The zero-order valence-electron chi connectivity index (χ0n) is 9.20. The molecular formula is C11H19NO3. The van der Waals surface area contributed by atoms with E-state index in [1.54, 1.807) is 6.92 Å². The minimum absolute atomic E-state index is 0.119. The van der Waals surface area contributed by atoms with Crippen LogP contribution in [0.1, 0.15) is 39.0 Å². The first-order valence-electron chi connectivity index (χ1n) is 5.61. The molecule has 1 rings (SSSR count). The summed E-state index contributed by atoms with van der Waals surface area (Å²) in [7, 11) is 0. The van der Waals surface area contributed by atoms with Crippen molar-refractivity contribution in [2.45, 2.75) is 45.1 Å². The molecule has 4 heteroatoms. The minimum Gasteiger partial charge on any atom is -0.465 e. The molecule has 0 aromatic rings. The van der Waals surface area contributed by atoms with Gasteiger partial charge in [-0.25, -0.2) is 0 Å². The van der Waals surface area contributed by atoms with Crippen LogP contribution in [0.5, 0.6) is 0 Å². The van der Waals surface area contributed by atoms with Crippen molar-refractivity contribution in [3.8, 4) is 0 Å². The molecule has 0 aromatic carbocycles. The Balaban J connectivity index is 2.58. The number of rotatable bonds is 3. The average Bonchev–Trinajstić information content (AvgIpc) is 2.42. The molecule has 1 aliphatic carbocycles. The van der Waals surface area contributed by atoms with E-state index in [-0.39, 0.29) is 11.7 Å². The smallest absolute Gasteiger partial charge is 0.323 e. The van der Waals surface area contributed by atoms with E-state index < -0.39 is 12.0 Å². The number of ether oxygens (including phenoxy) is 1.